The van der Waals surface area contributed by atoms with Crippen LogP contribution in [0.25, 0.3) is 21.8 Å². The minimum Gasteiger partial charge on any atom is -0.505 e. The minimum atomic E-state index is -0.139. The zero-order valence-electron chi connectivity index (χ0n) is 24.2. The molecule has 0 saturated heterocycles. The van der Waals surface area contributed by atoms with Crippen molar-refractivity contribution in [1.82, 2.24) is 9.97 Å². The molecule has 2 heterocycles. The van der Waals surface area contributed by atoms with Crippen LogP contribution in [0, 0.1) is 13.8 Å². The van der Waals surface area contributed by atoms with Gasteiger partial charge < -0.3 is 10.2 Å². The summed E-state index contributed by atoms with van der Waals surface area (Å²) in [4.78, 5) is 30.4. The van der Waals surface area contributed by atoms with Gasteiger partial charge in [-0.2, -0.15) is 10.2 Å². The van der Waals surface area contributed by atoms with Gasteiger partial charge in [-0.15, -0.1) is 10.2 Å². The van der Waals surface area contributed by atoms with E-state index in [1.165, 1.54) is 12.1 Å². The second kappa shape index (κ2) is 14.7. The summed E-state index contributed by atoms with van der Waals surface area (Å²) in [5.74, 6) is -0.278. The summed E-state index contributed by atoms with van der Waals surface area (Å²) in [6.45, 7) is 3.99. The molecule has 0 bridgehead atoms. The van der Waals surface area contributed by atoms with Crippen molar-refractivity contribution in [3.8, 4) is 11.5 Å². The normalized spacial score (nSPS) is 10.9. The first-order valence-electron chi connectivity index (χ1n) is 13.5. The number of nitrogens with zero attached hydrogens (tertiary/aromatic N) is 6. The second-order valence-corrected chi connectivity index (χ2v) is 9.77. The van der Waals surface area contributed by atoms with Crippen molar-refractivity contribution in [1.29, 1.82) is 0 Å². The third-order valence-electron chi connectivity index (χ3n) is 6.62. The van der Waals surface area contributed by atoms with Crippen LogP contribution in [0.5, 0.6) is 11.5 Å². The summed E-state index contributed by atoms with van der Waals surface area (Å²) in [5, 5.41) is 38.1. The quantitative estimate of drug-likeness (QED) is 0.106. The number of carbonyl (C=O) groups is 2. The Morgan fingerprint density at radius 2 is 0.956 bits per heavy atom. The molecule has 0 spiro atoms. The van der Waals surface area contributed by atoms with E-state index in [0.717, 1.165) is 11.1 Å². The van der Waals surface area contributed by atoms with E-state index in [2.05, 4.69) is 30.4 Å². The fourth-order valence-corrected chi connectivity index (χ4v) is 4.25. The van der Waals surface area contributed by atoms with Gasteiger partial charge in [0.05, 0.1) is 33.9 Å². The number of hydrogen-bond donors (Lipinski definition) is 2. The van der Waals surface area contributed by atoms with Crippen molar-refractivity contribution in [2.75, 3.05) is 0 Å². The number of hydrogen-bond acceptors (Lipinski definition) is 10. The topological polar surface area (TPSA) is 150 Å². The van der Waals surface area contributed by atoms with E-state index < -0.39 is 0 Å². The number of aromatic nitrogens is 2. The number of benzene rings is 4. The zero-order chi connectivity index (χ0) is 31.1. The average Bonchev–Trinajstić information content (AvgIpc) is 3.06. The Morgan fingerprint density at radius 3 is 1.31 bits per heavy atom. The summed E-state index contributed by atoms with van der Waals surface area (Å²) >= 11 is 0. The average molecular weight is 638 g/mol. The van der Waals surface area contributed by atoms with Gasteiger partial charge in [0.2, 0.25) is 0 Å². The van der Waals surface area contributed by atoms with E-state index in [1.807, 2.05) is 62.4 Å². The number of aldehydes is 2. The molecule has 10 nitrogen and oxygen atoms in total. The summed E-state index contributed by atoms with van der Waals surface area (Å²) in [5.41, 5.74) is 5.64. The first kappa shape index (κ1) is 32.3. The van der Waals surface area contributed by atoms with E-state index in [1.54, 1.807) is 36.7 Å². The maximum atomic E-state index is 11.1. The summed E-state index contributed by atoms with van der Waals surface area (Å²) in [6.07, 6.45) is 4.26. The van der Waals surface area contributed by atoms with Crippen molar-refractivity contribution >= 4 is 57.1 Å². The standard InChI is InChI=1S/2C17H13N3O2.Mn/c2*1-11-4-6-13(7-5-11)19-20-15-9-12(10-21)17(22)16-14(15)3-2-8-18-16;/h2*2-10,22H,1H3;. The fraction of sp³-hybridized carbons (Fsp3) is 0.0588. The SMILES string of the molecule is Cc1ccc(N=Nc2cc(C=O)c(O)c3ncccc23)cc1.Cc1ccc(N=Nc2cc(C=O)c(O)c3ncccc23)cc1.[Mn]. The van der Waals surface area contributed by atoms with E-state index in [0.29, 0.717) is 57.1 Å². The molecule has 0 unspecified atom stereocenters. The van der Waals surface area contributed by atoms with E-state index in [4.69, 9.17) is 0 Å². The van der Waals surface area contributed by atoms with Gasteiger partial charge in [0.25, 0.3) is 0 Å². The van der Waals surface area contributed by atoms with Crippen LogP contribution >= 0.6 is 0 Å². The van der Waals surface area contributed by atoms with Crippen LogP contribution in [0.1, 0.15) is 31.8 Å². The van der Waals surface area contributed by atoms with Crippen molar-refractivity contribution < 1.29 is 36.9 Å². The maximum Gasteiger partial charge on any atom is 0.153 e. The predicted octanol–water partition coefficient (Wildman–Crippen LogP) is 8.95. The van der Waals surface area contributed by atoms with E-state index in [-0.39, 0.29) is 39.7 Å². The van der Waals surface area contributed by atoms with Gasteiger partial charge >= 0.3 is 0 Å². The van der Waals surface area contributed by atoms with Crippen molar-refractivity contribution in [3.05, 3.63) is 120 Å². The van der Waals surface area contributed by atoms with Crippen LogP contribution in [0.4, 0.5) is 22.7 Å². The third-order valence-corrected chi connectivity index (χ3v) is 6.62. The Hall–Kier alpha value is -5.64. The summed E-state index contributed by atoms with van der Waals surface area (Å²) < 4.78 is 0. The van der Waals surface area contributed by atoms with Gasteiger partial charge in [0.1, 0.15) is 11.0 Å². The summed E-state index contributed by atoms with van der Waals surface area (Å²) in [6, 6.07) is 25.3. The number of fused-ring (bicyclic) bond motifs is 2. The number of phenolic OH excluding ortho intramolecular Hbond substituents is 2. The Balaban J connectivity index is 0.000000200. The van der Waals surface area contributed by atoms with Gasteiger partial charge in [-0.05, 0) is 74.5 Å². The maximum absolute atomic E-state index is 11.1. The molecule has 0 fully saturated rings. The largest absolute Gasteiger partial charge is 0.505 e. The Bertz CT molecular complexity index is 1900. The van der Waals surface area contributed by atoms with E-state index in [9.17, 15) is 19.8 Å². The van der Waals surface area contributed by atoms with Crippen LogP contribution in [0.2, 0.25) is 0 Å². The molecule has 11 heteroatoms. The summed E-state index contributed by atoms with van der Waals surface area (Å²) in [7, 11) is 0. The van der Waals surface area contributed by atoms with Crippen molar-refractivity contribution in [2.45, 2.75) is 13.8 Å². The molecule has 6 rings (SSSR count). The number of rotatable bonds is 6. The van der Waals surface area contributed by atoms with Crippen LogP contribution in [0.15, 0.2) is 118 Å². The number of azo groups is 2. The Morgan fingerprint density at radius 1 is 0.578 bits per heavy atom. The first-order chi connectivity index (χ1) is 21.4. The Labute approximate surface area is 268 Å². The Kier molecular flexibility index (Phi) is 10.5. The molecule has 1 radical (unpaired) electrons. The molecule has 0 aliphatic carbocycles. The molecule has 223 valence electrons. The van der Waals surface area contributed by atoms with Crippen LogP contribution in [-0.2, 0) is 17.1 Å². The molecule has 4 aromatic carbocycles. The van der Waals surface area contributed by atoms with Gasteiger partial charge in [-0.3, -0.25) is 19.6 Å². The monoisotopic (exact) mass is 637 g/mol. The molecule has 2 N–H and O–H groups in total. The van der Waals surface area contributed by atoms with Gasteiger partial charge in [0.15, 0.2) is 24.1 Å². The number of aryl methyl sites for hydroxylation is 2. The number of pyridine rings is 2. The number of carbonyl (C=O) groups excluding carboxylic acids is 2. The van der Waals surface area contributed by atoms with Crippen LogP contribution in [-0.4, -0.2) is 32.8 Å². The minimum absolute atomic E-state index is 0. The molecule has 6 aromatic rings. The fourth-order valence-electron chi connectivity index (χ4n) is 4.25. The van der Waals surface area contributed by atoms with Gasteiger partial charge in [-0.25, -0.2) is 0 Å². The van der Waals surface area contributed by atoms with Crippen molar-refractivity contribution in [3.63, 3.8) is 0 Å². The molecule has 0 aliphatic rings. The van der Waals surface area contributed by atoms with Crippen molar-refractivity contribution in [2.24, 2.45) is 20.5 Å². The molecular weight excluding hydrogens is 611 g/mol. The molecule has 45 heavy (non-hydrogen) atoms. The first-order valence-corrected chi connectivity index (χ1v) is 13.5. The molecule has 0 atom stereocenters. The molecular formula is C34H26MnN6O4. The smallest absolute Gasteiger partial charge is 0.153 e. The zero-order valence-corrected chi connectivity index (χ0v) is 25.3. The third kappa shape index (κ3) is 7.48. The molecule has 2 aromatic heterocycles. The second-order valence-electron chi connectivity index (χ2n) is 9.77. The van der Waals surface area contributed by atoms with Gasteiger partial charge in [0, 0.05) is 40.2 Å². The van der Waals surface area contributed by atoms with E-state index >= 15 is 0 Å². The number of phenols is 2. The van der Waals surface area contributed by atoms with Crippen LogP contribution < -0.4 is 0 Å². The van der Waals surface area contributed by atoms with Gasteiger partial charge in [-0.1, -0.05) is 35.4 Å². The number of aromatic hydroxyl groups is 2. The molecule has 0 amide bonds. The van der Waals surface area contributed by atoms with Crippen LogP contribution in [0.3, 0.4) is 0 Å². The molecule has 0 aliphatic heterocycles. The predicted molar refractivity (Wildman–Crippen MR) is 168 cm³/mol. The molecule has 0 saturated carbocycles.